The van der Waals surface area contributed by atoms with Crippen LogP contribution in [0.15, 0.2) is 77.5 Å². The minimum absolute atomic E-state index is 0.0146. The van der Waals surface area contributed by atoms with E-state index in [2.05, 4.69) is 5.32 Å². The zero-order valence-electron chi connectivity index (χ0n) is 19.0. The Hall–Kier alpha value is -3.90. The van der Waals surface area contributed by atoms with Gasteiger partial charge in [0.25, 0.3) is 11.8 Å². The average Bonchev–Trinajstić information content (AvgIpc) is 3.04. The van der Waals surface area contributed by atoms with Gasteiger partial charge in [-0.3, -0.25) is 9.59 Å². The smallest absolute Gasteiger partial charge is 0.343 e. The molecule has 0 spiro atoms. The van der Waals surface area contributed by atoms with Crippen molar-refractivity contribution < 1.29 is 19.1 Å². The molecule has 6 nitrogen and oxygen atoms in total. The highest BCUT2D eigenvalue weighted by molar-refractivity contribution is 6.53. The Balaban J connectivity index is 1.49. The zero-order chi connectivity index (χ0) is 24.4. The van der Waals surface area contributed by atoms with Crippen molar-refractivity contribution in [3.8, 4) is 5.75 Å². The van der Waals surface area contributed by atoms with Gasteiger partial charge in [0.15, 0.2) is 0 Å². The van der Waals surface area contributed by atoms with Crippen molar-refractivity contribution in [2.45, 2.75) is 27.2 Å². The number of nitrogens with zero attached hydrogens (tertiary/aromatic N) is 1. The number of aryl methyl sites for hydroxylation is 3. The molecule has 1 heterocycles. The highest BCUT2D eigenvalue weighted by atomic mass is 35.5. The minimum atomic E-state index is -0.586. The number of amides is 2. The Kier molecular flexibility index (Phi) is 6.52. The fourth-order valence-electron chi connectivity index (χ4n) is 3.62. The molecule has 3 aromatic rings. The summed E-state index contributed by atoms with van der Waals surface area (Å²) in [5.41, 5.74) is 4.10. The molecule has 0 aromatic heterocycles. The van der Waals surface area contributed by atoms with E-state index in [0.717, 1.165) is 28.0 Å². The highest BCUT2D eigenvalue weighted by Gasteiger charge is 2.39. The zero-order valence-corrected chi connectivity index (χ0v) is 19.8. The number of hydrogen-bond acceptors (Lipinski definition) is 5. The van der Waals surface area contributed by atoms with Crippen molar-refractivity contribution in [1.82, 2.24) is 0 Å². The van der Waals surface area contributed by atoms with Gasteiger partial charge in [0.1, 0.15) is 16.5 Å². The van der Waals surface area contributed by atoms with E-state index in [1.807, 2.05) is 51.1 Å². The van der Waals surface area contributed by atoms with E-state index in [0.29, 0.717) is 22.7 Å². The van der Waals surface area contributed by atoms with Crippen LogP contribution in [-0.4, -0.2) is 17.8 Å². The van der Waals surface area contributed by atoms with Gasteiger partial charge in [0.2, 0.25) is 0 Å². The molecular formula is C27H23ClN2O4. The number of carbonyl (C=O) groups is 3. The molecule has 2 amide bonds. The number of ether oxygens (including phenoxy) is 1. The maximum Gasteiger partial charge on any atom is 0.343 e. The summed E-state index contributed by atoms with van der Waals surface area (Å²) in [7, 11) is 0. The van der Waals surface area contributed by atoms with E-state index in [1.54, 1.807) is 36.4 Å². The van der Waals surface area contributed by atoms with Gasteiger partial charge in [-0.05, 0) is 79.4 Å². The van der Waals surface area contributed by atoms with Crippen LogP contribution in [-0.2, 0) is 16.0 Å². The molecule has 0 atom stereocenters. The predicted octanol–water partition coefficient (Wildman–Crippen LogP) is 5.52. The van der Waals surface area contributed by atoms with Gasteiger partial charge in [-0.1, -0.05) is 42.8 Å². The highest BCUT2D eigenvalue weighted by Crippen LogP contribution is 2.32. The number of esters is 1. The predicted molar refractivity (Wildman–Crippen MR) is 132 cm³/mol. The fraction of sp³-hybridized carbons (Fsp3) is 0.148. The van der Waals surface area contributed by atoms with Gasteiger partial charge < -0.3 is 10.1 Å². The van der Waals surface area contributed by atoms with E-state index >= 15 is 0 Å². The number of carbonyl (C=O) groups excluding carboxylic acids is 3. The first kappa shape index (κ1) is 23.3. The summed E-state index contributed by atoms with van der Waals surface area (Å²) in [6, 6.07) is 19.3. The number of anilines is 2. The molecule has 1 aliphatic heterocycles. The van der Waals surface area contributed by atoms with Crippen LogP contribution in [0.2, 0.25) is 0 Å². The van der Waals surface area contributed by atoms with Gasteiger partial charge in [0, 0.05) is 5.69 Å². The molecule has 0 radical (unpaired) electrons. The summed E-state index contributed by atoms with van der Waals surface area (Å²) in [4.78, 5) is 39.4. The molecule has 0 bridgehead atoms. The summed E-state index contributed by atoms with van der Waals surface area (Å²) >= 11 is 6.24. The molecule has 0 unspecified atom stereocenters. The molecule has 0 saturated carbocycles. The van der Waals surface area contributed by atoms with Crippen LogP contribution in [0.25, 0.3) is 0 Å². The third-order valence-corrected chi connectivity index (χ3v) is 5.89. The summed E-state index contributed by atoms with van der Waals surface area (Å²) in [5.74, 6) is -1.14. The summed E-state index contributed by atoms with van der Waals surface area (Å²) < 4.78 is 5.45. The van der Waals surface area contributed by atoms with E-state index in [-0.39, 0.29) is 10.7 Å². The molecule has 0 fully saturated rings. The molecule has 4 rings (SSSR count). The average molecular weight is 475 g/mol. The second-order valence-corrected chi connectivity index (χ2v) is 8.40. The molecule has 34 heavy (non-hydrogen) atoms. The largest absolute Gasteiger partial charge is 0.423 e. The lowest BCUT2D eigenvalue weighted by Gasteiger charge is -2.18. The lowest BCUT2D eigenvalue weighted by atomic mass is 10.1. The van der Waals surface area contributed by atoms with Gasteiger partial charge in [-0.15, -0.1) is 0 Å². The lowest BCUT2D eigenvalue weighted by molar-refractivity contribution is -0.120. The third-order valence-electron chi connectivity index (χ3n) is 5.54. The number of halogens is 1. The number of hydrogen-bond donors (Lipinski definition) is 1. The topological polar surface area (TPSA) is 75.7 Å². The fourth-order valence-corrected chi connectivity index (χ4v) is 3.83. The van der Waals surface area contributed by atoms with Crippen LogP contribution in [0.3, 0.4) is 0 Å². The van der Waals surface area contributed by atoms with Gasteiger partial charge in [0.05, 0.1) is 11.3 Å². The molecule has 7 heteroatoms. The first-order valence-electron chi connectivity index (χ1n) is 10.8. The Morgan fingerprint density at radius 3 is 2.41 bits per heavy atom. The Labute approximate surface area is 202 Å². The monoisotopic (exact) mass is 474 g/mol. The van der Waals surface area contributed by atoms with Gasteiger partial charge in [-0.2, -0.15) is 0 Å². The maximum atomic E-state index is 13.1. The normalized spacial score (nSPS) is 13.5. The SMILES string of the molecule is CCc1cccc(OC(=O)c2ccc(NC3=C(Cl)C(=O)N(c4cc(C)ccc4C)C3=O)cc2)c1. The lowest BCUT2D eigenvalue weighted by Crippen LogP contribution is -2.32. The molecule has 1 aliphatic rings. The van der Waals surface area contributed by atoms with Crippen LogP contribution >= 0.6 is 11.6 Å². The summed E-state index contributed by atoms with van der Waals surface area (Å²) in [6.07, 6.45) is 0.840. The van der Waals surface area contributed by atoms with Crippen LogP contribution < -0.4 is 15.0 Å². The van der Waals surface area contributed by atoms with Crippen molar-refractivity contribution in [1.29, 1.82) is 0 Å². The van der Waals surface area contributed by atoms with E-state index in [9.17, 15) is 14.4 Å². The van der Waals surface area contributed by atoms with Gasteiger partial charge >= 0.3 is 5.97 Å². The molecular weight excluding hydrogens is 452 g/mol. The van der Waals surface area contributed by atoms with Crippen LogP contribution in [0.1, 0.15) is 34.0 Å². The molecule has 0 aliphatic carbocycles. The molecule has 1 N–H and O–H groups in total. The third kappa shape index (κ3) is 4.58. The Morgan fingerprint density at radius 2 is 1.71 bits per heavy atom. The van der Waals surface area contributed by atoms with Crippen LogP contribution in [0.5, 0.6) is 5.75 Å². The first-order valence-corrected chi connectivity index (χ1v) is 11.2. The number of benzene rings is 3. The Bertz CT molecular complexity index is 1330. The number of imide groups is 1. The second kappa shape index (κ2) is 9.53. The minimum Gasteiger partial charge on any atom is -0.423 e. The Morgan fingerprint density at radius 1 is 0.971 bits per heavy atom. The first-order chi connectivity index (χ1) is 16.3. The summed E-state index contributed by atoms with van der Waals surface area (Å²) in [5, 5.41) is 2.73. The quantitative estimate of drug-likeness (QED) is 0.289. The molecule has 3 aromatic carbocycles. The van der Waals surface area contributed by atoms with E-state index < -0.39 is 17.8 Å². The molecule has 0 saturated heterocycles. The second-order valence-electron chi connectivity index (χ2n) is 8.02. The maximum absolute atomic E-state index is 13.1. The van der Waals surface area contributed by atoms with Crippen molar-refractivity contribution in [3.05, 3.63) is 99.7 Å². The van der Waals surface area contributed by atoms with Crippen molar-refractivity contribution >= 4 is 40.8 Å². The number of nitrogens with one attached hydrogen (secondary N) is 1. The standard InChI is InChI=1S/C27H23ClN2O4/c1-4-18-6-5-7-21(15-18)34-27(33)19-10-12-20(13-11-19)29-24-23(28)25(31)30(26(24)32)22-14-16(2)8-9-17(22)3/h5-15,29H,4H2,1-3H3. The van der Waals surface area contributed by atoms with Gasteiger partial charge in [-0.25, -0.2) is 9.69 Å². The summed E-state index contributed by atoms with van der Waals surface area (Å²) in [6.45, 7) is 5.73. The number of rotatable bonds is 6. The van der Waals surface area contributed by atoms with E-state index in [4.69, 9.17) is 16.3 Å². The molecule has 172 valence electrons. The van der Waals surface area contributed by atoms with Crippen LogP contribution in [0, 0.1) is 13.8 Å². The van der Waals surface area contributed by atoms with Crippen molar-refractivity contribution in [2.75, 3.05) is 10.2 Å². The van der Waals surface area contributed by atoms with Crippen molar-refractivity contribution in [3.63, 3.8) is 0 Å². The van der Waals surface area contributed by atoms with E-state index in [1.165, 1.54) is 0 Å². The van der Waals surface area contributed by atoms with Crippen LogP contribution in [0.4, 0.5) is 11.4 Å². The van der Waals surface area contributed by atoms with Crippen molar-refractivity contribution in [2.24, 2.45) is 0 Å².